The summed E-state index contributed by atoms with van der Waals surface area (Å²) in [5.74, 6) is -0.434. The second kappa shape index (κ2) is 5.28. The molecule has 6 nitrogen and oxygen atoms in total. The van der Waals surface area contributed by atoms with Crippen LogP contribution in [0.4, 0.5) is 13.2 Å². The highest BCUT2D eigenvalue weighted by Gasteiger charge is 2.48. The Morgan fingerprint density at radius 1 is 1.19 bits per heavy atom. The molecule has 2 rings (SSSR count). The summed E-state index contributed by atoms with van der Waals surface area (Å²) in [6, 6.07) is 7.97. The van der Waals surface area contributed by atoms with Crippen molar-refractivity contribution >= 4 is 15.6 Å². The first-order valence-electron chi connectivity index (χ1n) is 5.51. The van der Waals surface area contributed by atoms with Gasteiger partial charge in [-0.1, -0.05) is 35.5 Å². The number of carbonyl (C=O) groups is 1. The third-order valence-corrected chi connectivity index (χ3v) is 3.85. The molecule has 10 heteroatoms. The van der Waals surface area contributed by atoms with Crippen molar-refractivity contribution in [3.63, 3.8) is 0 Å². The van der Waals surface area contributed by atoms with E-state index in [1.54, 1.807) is 18.2 Å². The quantitative estimate of drug-likeness (QED) is 0.797. The van der Waals surface area contributed by atoms with Gasteiger partial charge >= 0.3 is 5.51 Å². The first-order chi connectivity index (χ1) is 9.72. The maximum absolute atomic E-state index is 12.3. The van der Waals surface area contributed by atoms with Gasteiger partial charge in [-0.05, 0) is 0 Å². The Hall–Kier alpha value is -2.23. The highest BCUT2D eigenvalue weighted by Crippen LogP contribution is 2.28. The minimum atomic E-state index is -5.56. The topological polar surface area (TPSA) is 81.9 Å². The third kappa shape index (κ3) is 3.10. The zero-order valence-electron chi connectivity index (χ0n) is 10.3. The molecule has 1 heterocycles. The number of sulfone groups is 1. The highest BCUT2D eigenvalue weighted by molar-refractivity contribution is 7.92. The van der Waals surface area contributed by atoms with E-state index in [2.05, 4.69) is 10.3 Å². The zero-order chi connectivity index (χ0) is 15.7. The molecule has 2 aromatic rings. The van der Waals surface area contributed by atoms with Gasteiger partial charge < -0.3 is 0 Å². The number of carbonyl (C=O) groups excluding carboxylic acids is 1. The van der Waals surface area contributed by atoms with Crippen molar-refractivity contribution in [2.24, 2.45) is 0 Å². The Morgan fingerprint density at radius 3 is 2.38 bits per heavy atom. The van der Waals surface area contributed by atoms with Crippen LogP contribution in [0.1, 0.15) is 10.4 Å². The first-order valence-corrected chi connectivity index (χ1v) is 7.00. The van der Waals surface area contributed by atoms with Crippen molar-refractivity contribution < 1.29 is 26.4 Å². The lowest BCUT2D eigenvalue weighted by atomic mass is 10.1. The fourth-order valence-electron chi connectivity index (χ4n) is 1.46. The molecule has 0 radical (unpaired) electrons. The van der Waals surface area contributed by atoms with Gasteiger partial charge in [-0.25, -0.2) is 13.1 Å². The molecule has 1 aromatic heterocycles. The lowest BCUT2D eigenvalue weighted by molar-refractivity contribution is -0.0438. The normalized spacial score (nSPS) is 12.3. The monoisotopic (exact) mass is 319 g/mol. The molecule has 0 bridgehead atoms. The van der Waals surface area contributed by atoms with Gasteiger partial charge in [-0.3, -0.25) is 4.79 Å². The van der Waals surface area contributed by atoms with Gasteiger partial charge in [0.05, 0.1) is 6.20 Å². The summed E-state index contributed by atoms with van der Waals surface area (Å²) in [5, 5.41) is 4.94. The van der Waals surface area contributed by atoms with Crippen LogP contribution in [-0.2, 0) is 16.4 Å². The molecule has 0 saturated heterocycles. The first kappa shape index (κ1) is 15.2. The minimum absolute atomic E-state index is 0.327. The van der Waals surface area contributed by atoms with Crippen LogP contribution in [0.25, 0.3) is 0 Å². The number of hydrogen-bond acceptors (Lipinski definition) is 5. The van der Waals surface area contributed by atoms with Crippen LogP contribution in [0.15, 0.2) is 41.6 Å². The van der Waals surface area contributed by atoms with Gasteiger partial charge in [-0.2, -0.15) is 13.2 Å². The molecule has 0 amide bonds. The van der Waals surface area contributed by atoms with E-state index >= 15 is 0 Å². The molecule has 21 heavy (non-hydrogen) atoms. The fraction of sp³-hybridized carbons (Fsp3) is 0.182. The summed E-state index contributed by atoms with van der Waals surface area (Å²) in [7, 11) is -5.56. The van der Waals surface area contributed by atoms with Crippen molar-refractivity contribution in [2.45, 2.75) is 17.1 Å². The van der Waals surface area contributed by atoms with Crippen molar-refractivity contribution in [2.75, 3.05) is 0 Å². The van der Waals surface area contributed by atoms with E-state index in [0.29, 0.717) is 11.8 Å². The molecular weight excluding hydrogens is 311 g/mol. The SMILES string of the molecule is O=C(Cn1cc(S(=O)(=O)C(F)(F)F)nn1)c1ccccc1. The van der Waals surface area contributed by atoms with E-state index in [9.17, 15) is 26.4 Å². The van der Waals surface area contributed by atoms with Crippen LogP contribution >= 0.6 is 0 Å². The zero-order valence-corrected chi connectivity index (χ0v) is 11.1. The van der Waals surface area contributed by atoms with E-state index in [4.69, 9.17) is 0 Å². The van der Waals surface area contributed by atoms with Crippen LogP contribution in [-0.4, -0.2) is 34.7 Å². The number of benzene rings is 1. The smallest absolute Gasteiger partial charge is 0.292 e. The van der Waals surface area contributed by atoms with Crippen molar-refractivity contribution in [3.8, 4) is 0 Å². The Balaban J connectivity index is 2.21. The van der Waals surface area contributed by atoms with Gasteiger partial charge in [0.25, 0.3) is 9.84 Å². The lowest BCUT2D eigenvalue weighted by Crippen LogP contribution is -2.23. The lowest BCUT2D eigenvalue weighted by Gasteiger charge is -2.03. The van der Waals surface area contributed by atoms with Gasteiger partial charge in [0.1, 0.15) is 6.54 Å². The van der Waals surface area contributed by atoms with Gasteiger partial charge in [0, 0.05) is 5.56 Å². The molecule has 0 aliphatic heterocycles. The average Bonchev–Trinajstić information content (AvgIpc) is 2.87. The Morgan fingerprint density at radius 2 is 1.81 bits per heavy atom. The summed E-state index contributed by atoms with van der Waals surface area (Å²) in [6.07, 6.45) is 0.573. The van der Waals surface area contributed by atoms with Gasteiger partial charge in [0.2, 0.25) is 5.03 Å². The summed E-state index contributed by atoms with van der Waals surface area (Å²) < 4.78 is 59.9. The Labute approximate surface area is 117 Å². The molecule has 0 N–H and O–H groups in total. The van der Waals surface area contributed by atoms with Crippen molar-refractivity contribution in [1.82, 2.24) is 15.0 Å². The maximum Gasteiger partial charge on any atom is 0.503 e. The van der Waals surface area contributed by atoms with Crippen molar-refractivity contribution in [1.29, 1.82) is 0 Å². The maximum atomic E-state index is 12.3. The number of alkyl halides is 3. The number of halogens is 3. The Bertz CT molecular complexity index is 754. The number of rotatable bonds is 4. The van der Waals surface area contributed by atoms with Crippen LogP contribution in [0, 0.1) is 0 Å². The molecule has 112 valence electrons. The standard InChI is InChI=1S/C11H8F3N3O3S/c12-11(13,14)21(19,20)10-7-17(16-15-10)6-9(18)8-4-2-1-3-5-8/h1-5,7H,6H2. The molecule has 0 aliphatic carbocycles. The van der Waals surface area contributed by atoms with E-state index in [0.717, 1.165) is 4.68 Å². The molecule has 0 spiro atoms. The number of aromatic nitrogens is 3. The largest absolute Gasteiger partial charge is 0.503 e. The number of ketones is 1. The fourth-order valence-corrected chi connectivity index (χ4v) is 2.10. The van der Waals surface area contributed by atoms with Gasteiger partial charge in [-0.15, -0.1) is 5.10 Å². The van der Waals surface area contributed by atoms with E-state index in [1.807, 2.05) is 0 Å². The summed E-state index contributed by atoms with van der Waals surface area (Å²) >= 11 is 0. The molecule has 0 aliphatic rings. The molecular formula is C11H8F3N3O3S. The highest BCUT2D eigenvalue weighted by atomic mass is 32.2. The second-order valence-electron chi connectivity index (χ2n) is 3.99. The number of nitrogens with zero attached hydrogens (tertiary/aromatic N) is 3. The van der Waals surface area contributed by atoms with Crippen molar-refractivity contribution in [3.05, 3.63) is 42.1 Å². The Kier molecular flexibility index (Phi) is 3.81. The van der Waals surface area contributed by atoms with E-state index in [1.165, 1.54) is 12.1 Å². The second-order valence-corrected chi connectivity index (χ2v) is 5.88. The van der Waals surface area contributed by atoms with Gasteiger partial charge in [0.15, 0.2) is 5.78 Å². The molecule has 1 aromatic carbocycles. The molecule has 0 unspecified atom stereocenters. The van der Waals surface area contributed by atoms with Crippen LogP contribution in [0.5, 0.6) is 0 Å². The molecule has 0 fully saturated rings. The number of Topliss-reactive ketones (excluding diaryl/α,β-unsaturated/α-hetero) is 1. The summed E-state index contributed by atoms with van der Waals surface area (Å²) in [6.45, 7) is -0.412. The molecule has 0 saturated carbocycles. The minimum Gasteiger partial charge on any atom is -0.292 e. The van der Waals surface area contributed by atoms with Crippen LogP contribution in [0.2, 0.25) is 0 Å². The predicted octanol–water partition coefficient (Wildman–Crippen LogP) is 1.45. The van der Waals surface area contributed by atoms with E-state index < -0.39 is 32.7 Å². The third-order valence-electron chi connectivity index (χ3n) is 2.50. The summed E-state index contributed by atoms with van der Waals surface area (Å²) in [4.78, 5) is 11.8. The number of hydrogen-bond donors (Lipinski definition) is 0. The van der Waals surface area contributed by atoms with E-state index in [-0.39, 0.29) is 0 Å². The molecule has 0 atom stereocenters. The van der Waals surface area contributed by atoms with Crippen LogP contribution in [0.3, 0.4) is 0 Å². The average molecular weight is 319 g/mol. The summed E-state index contributed by atoms with van der Waals surface area (Å²) in [5.41, 5.74) is -5.13. The predicted molar refractivity (Wildman–Crippen MR) is 64.0 cm³/mol. The van der Waals surface area contributed by atoms with Crippen LogP contribution < -0.4 is 0 Å².